The van der Waals surface area contributed by atoms with Crippen molar-refractivity contribution in [2.75, 3.05) is 18.5 Å². The highest BCUT2D eigenvalue weighted by Crippen LogP contribution is 2.26. The van der Waals surface area contributed by atoms with Crippen molar-refractivity contribution in [3.8, 4) is 11.3 Å². The molecule has 3 heterocycles. The highest BCUT2D eigenvalue weighted by Gasteiger charge is 2.19. The van der Waals surface area contributed by atoms with Gasteiger partial charge in [0.2, 0.25) is 0 Å². The van der Waals surface area contributed by atoms with Gasteiger partial charge < -0.3 is 20.4 Å². The number of sulfone groups is 1. The minimum atomic E-state index is -3.36. The molecule has 0 spiro atoms. The number of ether oxygens (including phenoxy) is 1. The second-order valence-corrected chi connectivity index (χ2v) is 11.9. The first-order chi connectivity index (χ1) is 17.8. The number of nitrogens with one attached hydrogen (secondary N) is 3. The van der Waals surface area contributed by atoms with Crippen molar-refractivity contribution in [3.63, 3.8) is 0 Å². The van der Waals surface area contributed by atoms with E-state index in [-0.39, 0.29) is 10.8 Å². The van der Waals surface area contributed by atoms with E-state index in [1.54, 1.807) is 62.6 Å². The van der Waals surface area contributed by atoms with Crippen LogP contribution in [0.4, 0.5) is 5.69 Å². The number of rotatable bonds is 8. The van der Waals surface area contributed by atoms with E-state index < -0.39 is 15.1 Å². The maximum Gasteiger partial charge on any atom is 0.255 e. The van der Waals surface area contributed by atoms with Crippen molar-refractivity contribution in [2.45, 2.75) is 43.0 Å². The smallest absolute Gasteiger partial charge is 0.255 e. The Kier molecular flexibility index (Phi) is 7.05. The van der Waals surface area contributed by atoms with E-state index in [0.717, 1.165) is 37.3 Å². The van der Waals surface area contributed by atoms with Crippen LogP contribution in [0.2, 0.25) is 0 Å². The molecule has 10 heteroatoms. The lowest BCUT2D eigenvalue weighted by molar-refractivity contribution is 0.102. The molecule has 9 nitrogen and oxygen atoms in total. The zero-order chi connectivity index (χ0) is 26.0. The van der Waals surface area contributed by atoms with Gasteiger partial charge in [-0.1, -0.05) is 24.3 Å². The molecule has 1 atom stereocenters. The van der Waals surface area contributed by atoms with Crippen LogP contribution in [0.1, 0.15) is 36.2 Å². The summed E-state index contributed by atoms with van der Waals surface area (Å²) in [5.41, 5.74) is 4.50. The lowest BCUT2D eigenvalue weighted by Gasteiger charge is -2.11. The van der Waals surface area contributed by atoms with Gasteiger partial charge in [0, 0.05) is 36.5 Å². The molecule has 5 rings (SSSR count). The van der Waals surface area contributed by atoms with Crippen molar-refractivity contribution >= 4 is 32.6 Å². The molecule has 3 N–H and O–H groups in total. The molecule has 4 aromatic rings. The molecule has 192 valence electrons. The van der Waals surface area contributed by atoms with Gasteiger partial charge in [0.1, 0.15) is 5.52 Å². The Morgan fingerprint density at radius 1 is 1.14 bits per heavy atom. The fraction of sp³-hybridized carbons (Fsp3) is 0.296. The van der Waals surface area contributed by atoms with Crippen LogP contribution in [0, 0.1) is 0 Å². The van der Waals surface area contributed by atoms with Gasteiger partial charge in [-0.15, -0.1) is 0 Å². The number of aromatic nitrogens is 3. The number of carbonyl (C=O) groups excluding carboxylic acids is 1. The minimum absolute atomic E-state index is 0.250. The average Bonchev–Trinajstić information content (AvgIpc) is 3.58. The van der Waals surface area contributed by atoms with Crippen molar-refractivity contribution in [1.82, 2.24) is 20.3 Å². The maximum absolute atomic E-state index is 12.9. The summed E-state index contributed by atoms with van der Waals surface area (Å²) in [7, 11) is -3.36. The van der Waals surface area contributed by atoms with Crippen LogP contribution in [0.5, 0.6) is 0 Å². The van der Waals surface area contributed by atoms with E-state index in [4.69, 9.17) is 4.74 Å². The Hall–Kier alpha value is -3.60. The minimum Gasteiger partial charge on any atom is -0.380 e. The quantitative estimate of drug-likeness (QED) is 0.322. The van der Waals surface area contributed by atoms with E-state index in [1.165, 1.54) is 0 Å². The summed E-state index contributed by atoms with van der Waals surface area (Å²) in [5, 5.41) is 5.88. The average molecular weight is 520 g/mol. The normalized spacial score (nSPS) is 15.9. The van der Waals surface area contributed by atoms with Crippen LogP contribution >= 0.6 is 0 Å². The number of carbonyl (C=O) groups is 1. The second-order valence-electron chi connectivity index (χ2n) is 9.37. The zero-order valence-corrected chi connectivity index (χ0v) is 21.5. The molecule has 2 aromatic heterocycles. The van der Waals surface area contributed by atoms with Crippen LogP contribution in [0.15, 0.2) is 65.8 Å². The summed E-state index contributed by atoms with van der Waals surface area (Å²) in [6, 6.07) is 14.4. The fourth-order valence-corrected chi connectivity index (χ4v) is 5.20. The number of anilines is 1. The first-order valence-corrected chi connectivity index (χ1v) is 13.8. The van der Waals surface area contributed by atoms with Gasteiger partial charge in [0.05, 0.1) is 34.3 Å². The first-order valence-electron chi connectivity index (χ1n) is 12.2. The van der Waals surface area contributed by atoms with E-state index in [2.05, 4.69) is 25.6 Å². The van der Waals surface area contributed by atoms with Gasteiger partial charge in [-0.3, -0.25) is 4.79 Å². The van der Waals surface area contributed by atoms with E-state index in [9.17, 15) is 13.2 Å². The van der Waals surface area contributed by atoms with Gasteiger partial charge in [-0.25, -0.2) is 18.4 Å². The number of benzene rings is 2. The van der Waals surface area contributed by atoms with Crippen LogP contribution in [-0.2, 0) is 21.1 Å². The molecule has 1 aliphatic rings. The molecule has 1 unspecified atom stereocenters. The summed E-state index contributed by atoms with van der Waals surface area (Å²) >= 11 is 0. The number of H-pyrrole nitrogens is 1. The largest absolute Gasteiger partial charge is 0.380 e. The zero-order valence-electron chi connectivity index (χ0n) is 20.7. The van der Waals surface area contributed by atoms with Gasteiger partial charge >= 0.3 is 0 Å². The Balaban J connectivity index is 1.30. The molecule has 1 saturated heterocycles. The van der Waals surface area contributed by atoms with Gasteiger partial charge in [-0.2, -0.15) is 0 Å². The van der Waals surface area contributed by atoms with Crippen LogP contribution < -0.4 is 10.6 Å². The van der Waals surface area contributed by atoms with Gasteiger partial charge in [0.25, 0.3) is 5.91 Å². The molecule has 0 saturated carbocycles. The van der Waals surface area contributed by atoms with Crippen LogP contribution in [0.25, 0.3) is 22.4 Å². The summed E-state index contributed by atoms with van der Waals surface area (Å²) in [6.07, 6.45) is 4.29. The Morgan fingerprint density at radius 2 is 1.89 bits per heavy atom. The topological polar surface area (TPSA) is 126 Å². The number of fused-ring (bicyclic) bond motifs is 1. The predicted octanol–water partition coefficient (Wildman–Crippen LogP) is 3.94. The van der Waals surface area contributed by atoms with Crippen molar-refractivity contribution in [2.24, 2.45) is 0 Å². The predicted molar refractivity (Wildman–Crippen MR) is 142 cm³/mol. The lowest BCUT2D eigenvalue weighted by Crippen LogP contribution is -2.28. The SMILES string of the molecule is CC(C)S(=O)(=O)c1ccc(-c2cnc3[nH]cc(NC(=O)c4ccc(CNC5CCOC5)cc4)c3n2)cc1. The Bertz CT molecular complexity index is 1510. The van der Waals surface area contributed by atoms with E-state index in [1.807, 2.05) is 12.1 Å². The number of amides is 1. The van der Waals surface area contributed by atoms with Gasteiger partial charge in [-0.05, 0) is 50.1 Å². The molecular formula is C27H29N5O4S. The van der Waals surface area contributed by atoms with Crippen molar-refractivity contribution in [3.05, 3.63) is 72.1 Å². The highest BCUT2D eigenvalue weighted by molar-refractivity contribution is 7.92. The molecule has 1 amide bonds. The Labute approximate surface area is 215 Å². The second kappa shape index (κ2) is 10.4. The fourth-order valence-electron chi connectivity index (χ4n) is 4.14. The standard InChI is InChI=1S/C27H29N5O4S/c1-17(2)37(34,35)22-9-7-19(8-10-22)23-14-29-26-25(31-23)24(15-30-26)32-27(33)20-5-3-18(4-6-20)13-28-21-11-12-36-16-21/h3-10,14-15,17,21,28H,11-13,16H2,1-2H3,(H,29,30)(H,32,33). The van der Waals surface area contributed by atoms with Crippen LogP contribution in [0.3, 0.4) is 0 Å². The summed E-state index contributed by atoms with van der Waals surface area (Å²) in [6.45, 7) is 5.57. The number of hydrogen-bond donors (Lipinski definition) is 3. The molecule has 1 aliphatic heterocycles. The van der Waals surface area contributed by atoms with E-state index >= 15 is 0 Å². The summed E-state index contributed by atoms with van der Waals surface area (Å²) in [5.74, 6) is -0.250. The molecule has 1 fully saturated rings. The molecular weight excluding hydrogens is 490 g/mol. The third-order valence-corrected chi connectivity index (χ3v) is 8.64. The summed E-state index contributed by atoms with van der Waals surface area (Å²) < 4.78 is 30.2. The molecule has 2 aromatic carbocycles. The van der Waals surface area contributed by atoms with Gasteiger partial charge in [0.15, 0.2) is 15.5 Å². The molecule has 0 bridgehead atoms. The molecule has 0 radical (unpaired) electrons. The Morgan fingerprint density at radius 3 is 2.57 bits per heavy atom. The monoisotopic (exact) mass is 519 g/mol. The lowest BCUT2D eigenvalue weighted by atomic mass is 10.1. The number of nitrogens with zero attached hydrogens (tertiary/aromatic N) is 2. The van der Waals surface area contributed by atoms with E-state index in [0.29, 0.717) is 34.2 Å². The molecule has 37 heavy (non-hydrogen) atoms. The molecule has 0 aliphatic carbocycles. The highest BCUT2D eigenvalue weighted by atomic mass is 32.2. The van der Waals surface area contributed by atoms with Crippen molar-refractivity contribution in [1.29, 1.82) is 0 Å². The third-order valence-electron chi connectivity index (χ3n) is 6.47. The summed E-state index contributed by atoms with van der Waals surface area (Å²) in [4.78, 5) is 25.3. The third kappa shape index (κ3) is 5.41. The van der Waals surface area contributed by atoms with Crippen molar-refractivity contribution < 1.29 is 17.9 Å². The number of aromatic amines is 1. The van der Waals surface area contributed by atoms with Crippen LogP contribution in [-0.4, -0.2) is 53.8 Å². The first kappa shape index (κ1) is 25.1. The maximum atomic E-state index is 12.9. The number of hydrogen-bond acceptors (Lipinski definition) is 7.